The van der Waals surface area contributed by atoms with Crippen LogP contribution >= 0.6 is 11.3 Å². The average Bonchev–Trinajstić information content (AvgIpc) is 3.26. The summed E-state index contributed by atoms with van der Waals surface area (Å²) < 4.78 is 44.2. The molecule has 1 N–H and O–H groups in total. The molecule has 1 atom stereocenters. The zero-order valence-corrected chi connectivity index (χ0v) is 13.6. The number of hydrogen-bond donors (Lipinski definition) is 1. The second-order valence-electron chi connectivity index (χ2n) is 5.58. The number of carbonyl (C=O) groups excluding carboxylic acids is 1. The predicted octanol–water partition coefficient (Wildman–Crippen LogP) is 4.45. The Balaban J connectivity index is 1.70. The minimum atomic E-state index is -4.54. The van der Waals surface area contributed by atoms with Gasteiger partial charge in [-0.05, 0) is 31.9 Å². The molecule has 0 saturated heterocycles. The number of para-hydroxylation sites is 1. The summed E-state index contributed by atoms with van der Waals surface area (Å²) in [5.74, 6) is -0.494. The summed E-state index contributed by atoms with van der Waals surface area (Å²) in [5.41, 5.74) is 1.59. The van der Waals surface area contributed by atoms with Crippen LogP contribution in [0, 0.1) is 0 Å². The summed E-state index contributed by atoms with van der Waals surface area (Å²) in [6.07, 6.45) is -3.53. The number of nitrogens with zero attached hydrogens (tertiary/aromatic N) is 1. The molecule has 1 aromatic heterocycles. The van der Waals surface area contributed by atoms with Crippen LogP contribution in [0.2, 0.25) is 0 Å². The molecule has 24 heavy (non-hydrogen) atoms. The molecular formula is C16H15F3N2O2S. The Bertz CT molecular complexity index is 741. The molecule has 0 spiro atoms. The number of anilines is 1. The van der Waals surface area contributed by atoms with Crippen molar-refractivity contribution in [2.45, 2.75) is 38.0 Å². The Labute approximate surface area is 140 Å². The fourth-order valence-electron chi connectivity index (χ4n) is 2.26. The van der Waals surface area contributed by atoms with Crippen molar-refractivity contribution in [3.8, 4) is 5.75 Å². The summed E-state index contributed by atoms with van der Waals surface area (Å²) in [6, 6.07) is 4.84. The van der Waals surface area contributed by atoms with E-state index < -0.39 is 23.8 Å². The maximum atomic E-state index is 13.0. The van der Waals surface area contributed by atoms with Crippen molar-refractivity contribution in [2.24, 2.45) is 0 Å². The van der Waals surface area contributed by atoms with Gasteiger partial charge in [0.05, 0.1) is 16.8 Å². The molecule has 1 amide bonds. The lowest BCUT2D eigenvalue weighted by molar-refractivity contribution is -0.140. The number of benzene rings is 1. The fourth-order valence-corrected chi connectivity index (χ4v) is 3.03. The largest absolute Gasteiger partial charge is 0.480 e. The van der Waals surface area contributed by atoms with E-state index in [-0.39, 0.29) is 5.75 Å². The highest BCUT2D eigenvalue weighted by Gasteiger charge is 2.35. The predicted molar refractivity (Wildman–Crippen MR) is 84.3 cm³/mol. The van der Waals surface area contributed by atoms with E-state index in [0.29, 0.717) is 10.9 Å². The topological polar surface area (TPSA) is 51.2 Å². The molecule has 0 unspecified atom stereocenters. The van der Waals surface area contributed by atoms with Crippen molar-refractivity contribution in [3.05, 3.63) is 41.0 Å². The van der Waals surface area contributed by atoms with Gasteiger partial charge in [-0.1, -0.05) is 12.1 Å². The smallest absolute Gasteiger partial charge is 0.419 e. The van der Waals surface area contributed by atoms with Crippen LogP contribution < -0.4 is 10.1 Å². The minimum absolute atomic E-state index is 0.362. The van der Waals surface area contributed by atoms with Gasteiger partial charge >= 0.3 is 6.18 Å². The molecule has 0 radical (unpaired) electrons. The van der Waals surface area contributed by atoms with Crippen molar-refractivity contribution in [3.63, 3.8) is 0 Å². The van der Waals surface area contributed by atoms with Crippen molar-refractivity contribution in [2.75, 3.05) is 5.32 Å². The first kappa shape index (κ1) is 16.8. The third kappa shape index (κ3) is 3.69. The summed E-state index contributed by atoms with van der Waals surface area (Å²) >= 11 is 1.30. The highest BCUT2D eigenvalue weighted by atomic mass is 32.1. The lowest BCUT2D eigenvalue weighted by Gasteiger charge is -2.18. The zero-order chi connectivity index (χ0) is 17.3. The van der Waals surface area contributed by atoms with E-state index in [0.717, 1.165) is 24.6 Å². The van der Waals surface area contributed by atoms with Crippen molar-refractivity contribution >= 4 is 22.2 Å². The summed E-state index contributed by atoms with van der Waals surface area (Å²) in [6.45, 7) is 1.42. The van der Waals surface area contributed by atoms with E-state index in [9.17, 15) is 18.0 Å². The molecule has 1 aromatic carbocycles. The minimum Gasteiger partial charge on any atom is -0.480 e. The molecule has 128 valence electrons. The Morgan fingerprint density at radius 2 is 2.08 bits per heavy atom. The lowest BCUT2D eigenvalue weighted by atomic mass is 10.2. The lowest BCUT2D eigenvalue weighted by Crippen LogP contribution is -2.30. The monoisotopic (exact) mass is 356 g/mol. The van der Waals surface area contributed by atoms with Crippen LogP contribution in [0.3, 0.4) is 0 Å². The number of nitrogens with one attached hydrogen (secondary N) is 1. The molecule has 1 aliphatic rings. The van der Waals surface area contributed by atoms with E-state index in [1.807, 2.05) is 0 Å². The van der Waals surface area contributed by atoms with Gasteiger partial charge in [0.2, 0.25) is 0 Å². The van der Waals surface area contributed by atoms with Crippen LogP contribution in [0.5, 0.6) is 5.75 Å². The number of halogens is 3. The Morgan fingerprint density at radius 3 is 2.75 bits per heavy atom. The fraction of sp³-hybridized carbons (Fsp3) is 0.375. The van der Waals surface area contributed by atoms with Crippen LogP contribution in [-0.2, 0) is 11.0 Å². The molecular weight excluding hydrogens is 341 g/mol. The van der Waals surface area contributed by atoms with Gasteiger partial charge in [-0.25, -0.2) is 4.98 Å². The summed E-state index contributed by atoms with van der Waals surface area (Å²) in [4.78, 5) is 16.5. The molecule has 1 aliphatic carbocycles. The van der Waals surface area contributed by atoms with Crippen molar-refractivity contribution < 1.29 is 22.7 Å². The Kier molecular flexibility index (Phi) is 4.49. The molecule has 0 aliphatic heterocycles. The Morgan fingerprint density at radius 1 is 1.38 bits per heavy atom. The van der Waals surface area contributed by atoms with Gasteiger partial charge < -0.3 is 10.1 Å². The van der Waals surface area contributed by atoms with Crippen molar-refractivity contribution in [1.82, 2.24) is 4.98 Å². The average molecular weight is 356 g/mol. The molecule has 8 heteroatoms. The quantitative estimate of drug-likeness (QED) is 0.861. The number of aromatic nitrogens is 1. The highest BCUT2D eigenvalue weighted by molar-refractivity contribution is 7.14. The molecule has 2 aromatic rings. The van der Waals surface area contributed by atoms with Crippen LogP contribution in [0.4, 0.5) is 18.2 Å². The molecule has 1 heterocycles. The maximum Gasteiger partial charge on any atom is 0.419 e. The van der Waals surface area contributed by atoms with Gasteiger partial charge in [-0.2, -0.15) is 13.2 Å². The van der Waals surface area contributed by atoms with E-state index in [4.69, 9.17) is 4.74 Å². The second kappa shape index (κ2) is 6.43. The van der Waals surface area contributed by atoms with Gasteiger partial charge in [-0.3, -0.25) is 4.79 Å². The number of alkyl halides is 3. The Hall–Kier alpha value is -2.09. The first-order valence-corrected chi connectivity index (χ1v) is 8.31. The number of rotatable bonds is 5. The first-order valence-electron chi connectivity index (χ1n) is 7.43. The maximum absolute atomic E-state index is 13.0. The van der Waals surface area contributed by atoms with Crippen LogP contribution in [0.1, 0.15) is 36.9 Å². The molecule has 0 bridgehead atoms. The SMILES string of the molecule is C[C@H](Oc1ccccc1C(F)(F)F)C(=O)Nc1scnc1C1CC1. The molecule has 3 rings (SSSR count). The molecule has 1 saturated carbocycles. The van der Waals surface area contributed by atoms with E-state index >= 15 is 0 Å². The summed E-state index contributed by atoms with van der Waals surface area (Å²) in [7, 11) is 0. The first-order chi connectivity index (χ1) is 11.4. The van der Waals surface area contributed by atoms with E-state index in [1.165, 1.54) is 36.5 Å². The second-order valence-corrected chi connectivity index (χ2v) is 6.44. The van der Waals surface area contributed by atoms with Gasteiger partial charge in [-0.15, -0.1) is 11.3 Å². The van der Waals surface area contributed by atoms with Gasteiger partial charge in [0.1, 0.15) is 10.8 Å². The van der Waals surface area contributed by atoms with Gasteiger partial charge in [0, 0.05) is 5.92 Å². The number of thiazole rings is 1. The normalized spacial score (nSPS) is 15.8. The van der Waals surface area contributed by atoms with Crippen molar-refractivity contribution in [1.29, 1.82) is 0 Å². The van der Waals surface area contributed by atoms with Gasteiger partial charge in [0.15, 0.2) is 6.10 Å². The summed E-state index contributed by atoms with van der Waals surface area (Å²) in [5, 5.41) is 3.34. The van der Waals surface area contributed by atoms with Gasteiger partial charge in [0.25, 0.3) is 5.91 Å². The zero-order valence-electron chi connectivity index (χ0n) is 12.8. The number of carbonyl (C=O) groups is 1. The standard InChI is InChI=1S/C16H15F3N2O2S/c1-9(23-12-5-3-2-4-11(12)16(17,18)19)14(22)21-15-13(10-6-7-10)20-8-24-15/h2-5,8-10H,6-7H2,1H3,(H,21,22)/t9-/m0/s1. The number of hydrogen-bond acceptors (Lipinski definition) is 4. The molecule has 1 fully saturated rings. The number of ether oxygens (including phenoxy) is 1. The third-order valence-corrected chi connectivity index (χ3v) is 4.42. The number of amides is 1. The van der Waals surface area contributed by atoms with E-state index in [2.05, 4.69) is 10.3 Å². The van der Waals surface area contributed by atoms with E-state index in [1.54, 1.807) is 5.51 Å². The molecule has 4 nitrogen and oxygen atoms in total. The van der Waals surface area contributed by atoms with Crippen LogP contribution in [-0.4, -0.2) is 17.0 Å². The third-order valence-electron chi connectivity index (χ3n) is 3.66. The van der Waals surface area contributed by atoms with Crippen LogP contribution in [0.25, 0.3) is 0 Å². The van der Waals surface area contributed by atoms with Crippen LogP contribution in [0.15, 0.2) is 29.8 Å². The highest BCUT2D eigenvalue weighted by Crippen LogP contribution is 2.44.